The molecule has 2 heterocycles. The fraction of sp³-hybridized carbons (Fsp3) is 0.722. The van der Waals surface area contributed by atoms with E-state index in [1.54, 1.807) is 11.3 Å². The lowest BCUT2D eigenvalue weighted by atomic mass is 10.1. The highest BCUT2D eigenvalue weighted by atomic mass is 32.1. The number of piperazine rings is 1. The van der Waals surface area contributed by atoms with Crippen LogP contribution in [0.2, 0.25) is 0 Å². The summed E-state index contributed by atoms with van der Waals surface area (Å²) in [6, 6.07) is 2.09. The van der Waals surface area contributed by atoms with Gasteiger partial charge in [-0.05, 0) is 44.5 Å². The summed E-state index contributed by atoms with van der Waals surface area (Å²) >= 11 is 1.68. The monoisotopic (exact) mass is 337 g/mol. The van der Waals surface area contributed by atoms with Gasteiger partial charge in [0.25, 0.3) is 5.91 Å². The number of nitrogens with zero attached hydrogens (tertiary/aromatic N) is 2. The Kier molecular flexibility index (Phi) is 7.53. The second-order valence-electron chi connectivity index (χ2n) is 6.42. The number of carbonyl (C=O) groups excluding carboxylic acids is 1. The second kappa shape index (κ2) is 9.40. The number of carbonyl (C=O) groups is 1. The van der Waals surface area contributed by atoms with Crippen LogP contribution in [0.5, 0.6) is 0 Å². The van der Waals surface area contributed by atoms with E-state index in [2.05, 4.69) is 42.1 Å². The van der Waals surface area contributed by atoms with Crippen LogP contribution in [0.1, 0.15) is 46.8 Å². The molecule has 1 aromatic rings. The standard InChI is InChI=1S/C18H31N3OS/c1-4-7-16-15(5-2)14-17(23-16)18(22)19-8-6-9-21-12-10-20(3)11-13-21/h14H,4-13H2,1-3H3,(H,19,22). The lowest BCUT2D eigenvalue weighted by molar-refractivity contribution is 0.0953. The summed E-state index contributed by atoms with van der Waals surface area (Å²) in [5.74, 6) is 0.102. The minimum absolute atomic E-state index is 0.102. The number of nitrogens with one attached hydrogen (secondary N) is 1. The van der Waals surface area contributed by atoms with Gasteiger partial charge >= 0.3 is 0 Å². The molecule has 23 heavy (non-hydrogen) atoms. The van der Waals surface area contributed by atoms with Crippen molar-refractivity contribution in [3.8, 4) is 0 Å². The van der Waals surface area contributed by atoms with E-state index < -0.39 is 0 Å². The van der Waals surface area contributed by atoms with Crippen molar-refractivity contribution in [3.63, 3.8) is 0 Å². The normalized spacial score (nSPS) is 16.7. The summed E-state index contributed by atoms with van der Waals surface area (Å²) in [6.45, 7) is 10.8. The lowest BCUT2D eigenvalue weighted by Crippen LogP contribution is -2.45. The third kappa shape index (κ3) is 5.59. The summed E-state index contributed by atoms with van der Waals surface area (Å²) < 4.78 is 0. The second-order valence-corrected chi connectivity index (χ2v) is 7.55. The van der Waals surface area contributed by atoms with E-state index >= 15 is 0 Å². The summed E-state index contributed by atoms with van der Waals surface area (Å²) in [6.07, 6.45) is 4.27. The minimum atomic E-state index is 0.102. The molecule has 0 radical (unpaired) electrons. The van der Waals surface area contributed by atoms with Gasteiger partial charge < -0.3 is 15.1 Å². The maximum Gasteiger partial charge on any atom is 0.261 e. The summed E-state index contributed by atoms with van der Waals surface area (Å²) in [7, 11) is 2.18. The lowest BCUT2D eigenvalue weighted by Gasteiger charge is -2.32. The number of hydrogen-bond acceptors (Lipinski definition) is 4. The zero-order chi connectivity index (χ0) is 16.7. The van der Waals surface area contributed by atoms with Crippen LogP contribution in [0.25, 0.3) is 0 Å². The van der Waals surface area contributed by atoms with Gasteiger partial charge in [0, 0.05) is 37.6 Å². The van der Waals surface area contributed by atoms with Gasteiger partial charge in [0.2, 0.25) is 0 Å². The van der Waals surface area contributed by atoms with Crippen LogP contribution < -0.4 is 5.32 Å². The third-order valence-electron chi connectivity index (χ3n) is 4.51. The van der Waals surface area contributed by atoms with E-state index in [0.29, 0.717) is 0 Å². The molecule has 1 aliphatic rings. The van der Waals surface area contributed by atoms with Crippen molar-refractivity contribution in [1.29, 1.82) is 0 Å². The van der Waals surface area contributed by atoms with Gasteiger partial charge in [-0.3, -0.25) is 4.79 Å². The predicted octanol–water partition coefficient (Wildman–Crippen LogP) is 2.63. The topological polar surface area (TPSA) is 35.6 Å². The molecule has 1 N–H and O–H groups in total. The van der Waals surface area contributed by atoms with Gasteiger partial charge in [0.15, 0.2) is 0 Å². The van der Waals surface area contributed by atoms with Crippen molar-refractivity contribution in [2.75, 3.05) is 46.3 Å². The van der Waals surface area contributed by atoms with Crippen molar-refractivity contribution in [3.05, 3.63) is 21.4 Å². The Morgan fingerprint density at radius 2 is 2.00 bits per heavy atom. The summed E-state index contributed by atoms with van der Waals surface area (Å²) in [5.41, 5.74) is 1.35. The molecule has 0 aliphatic carbocycles. The Morgan fingerprint density at radius 3 is 2.65 bits per heavy atom. The highest BCUT2D eigenvalue weighted by Gasteiger charge is 2.15. The highest BCUT2D eigenvalue weighted by Crippen LogP contribution is 2.24. The molecular weight excluding hydrogens is 306 g/mol. The zero-order valence-corrected chi connectivity index (χ0v) is 15.7. The molecule has 0 spiro atoms. The van der Waals surface area contributed by atoms with Gasteiger partial charge in [-0.2, -0.15) is 0 Å². The SMILES string of the molecule is CCCc1sc(C(=O)NCCCN2CCN(C)CC2)cc1CC. The van der Waals surface area contributed by atoms with E-state index in [1.807, 2.05) is 0 Å². The van der Waals surface area contributed by atoms with Gasteiger partial charge in [0.1, 0.15) is 0 Å². The number of aryl methyl sites for hydroxylation is 2. The van der Waals surface area contributed by atoms with Crippen LogP contribution in [0, 0.1) is 0 Å². The van der Waals surface area contributed by atoms with Crippen molar-refractivity contribution in [2.45, 2.75) is 39.5 Å². The van der Waals surface area contributed by atoms with Crippen LogP contribution in [0.4, 0.5) is 0 Å². The Hall–Kier alpha value is -0.910. The van der Waals surface area contributed by atoms with E-state index in [4.69, 9.17) is 0 Å². The zero-order valence-electron chi connectivity index (χ0n) is 14.9. The number of likely N-dealkylation sites (N-methyl/N-ethyl adjacent to an activating group) is 1. The Labute approximate surface area is 144 Å². The Bertz CT molecular complexity index is 492. The average Bonchev–Trinajstić information content (AvgIpc) is 2.96. The number of rotatable bonds is 8. The smallest absolute Gasteiger partial charge is 0.261 e. The number of hydrogen-bond donors (Lipinski definition) is 1. The minimum Gasteiger partial charge on any atom is -0.351 e. The van der Waals surface area contributed by atoms with Gasteiger partial charge in [-0.15, -0.1) is 11.3 Å². The molecule has 1 fully saturated rings. The number of amides is 1. The van der Waals surface area contributed by atoms with Crippen LogP contribution in [-0.4, -0.2) is 62.0 Å². The maximum absolute atomic E-state index is 12.3. The Morgan fingerprint density at radius 1 is 1.26 bits per heavy atom. The van der Waals surface area contributed by atoms with Gasteiger partial charge in [0.05, 0.1) is 4.88 Å². The molecule has 0 atom stereocenters. The third-order valence-corrected chi connectivity index (χ3v) is 5.75. The van der Waals surface area contributed by atoms with Crippen LogP contribution in [-0.2, 0) is 12.8 Å². The van der Waals surface area contributed by atoms with E-state index in [0.717, 1.165) is 69.8 Å². The van der Waals surface area contributed by atoms with E-state index in [-0.39, 0.29) is 5.91 Å². The molecule has 2 rings (SSSR count). The van der Waals surface area contributed by atoms with E-state index in [1.165, 1.54) is 10.4 Å². The molecule has 130 valence electrons. The Balaban J connectivity index is 1.72. The van der Waals surface area contributed by atoms with Crippen molar-refractivity contribution < 1.29 is 4.79 Å². The molecule has 1 aliphatic heterocycles. The maximum atomic E-state index is 12.3. The average molecular weight is 338 g/mol. The predicted molar refractivity (Wildman–Crippen MR) is 98.6 cm³/mol. The fourth-order valence-corrected chi connectivity index (χ4v) is 4.25. The van der Waals surface area contributed by atoms with Crippen molar-refractivity contribution in [1.82, 2.24) is 15.1 Å². The van der Waals surface area contributed by atoms with Crippen molar-refractivity contribution >= 4 is 17.2 Å². The molecule has 1 amide bonds. The van der Waals surface area contributed by atoms with Gasteiger partial charge in [-0.25, -0.2) is 0 Å². The fourth-order valence-electron chi connectivity index (χ4n) is 2.98. The molecule has 4 nitrogen and oxygen atoms in total. The number of thiophene rings is 1. The highest BCUT2D eigenvalue weighted by molar-refractivity contribution is 7.14. The van der Waals surface area contributed by atoms with Crippen LogP contribution in [0.3, 0.4) is 0 Å². The molecule has 0 aromatic carbocycles. The van der Waals surface area contributed by atoms with Crippen LogP contribution >= 0.6 is 11.3 Å². The molecule has 1 aromatic heterocycles. The summed E-state index contributed by atoms with van der Waals surface area (Å²) in [4.78, 5) is 19.4. The van der Waals surface area contributed by atoms with Gasteiger partial charge in [-0.1, -0.05) is 20.3 Å². The molecule has 5 heteroatoms. The first-order valence-corrected chi connectivity index (χ1v) is 9.76. The molecule has 0 bridgehead atoms. The van der Waals surface area contributed by atoms with Crippen molar-refractivity contribution in [2.24, 2.45) is 0 Å². The quantitative estimate of drug-likeness (QED) is 0.741. The first-order chi connectivity index (χ1) is 11.1. The summed E-state index contributed by atoms with van der Waals surface area (Å²) in [5, 5.41) is 3.09. The first kappa shape index (κ1) is 18.4. The molecule has 1 saturated heterocycles. The first-order valence-electron chi connectivity index (χ1n) is 8.94. The van der Waals surface area contributed by atoms with E-state index in [9.17, 15) is 4.79 Å². The molecular formula is C18H31N3OS. The molecule has 0 saturated carbocycles. The van der Waals surface area contributed by atoms with Crippen LogP contribution in [0.15, 0.2) is 6.07 Å². The molecule has 0 unspecified atom stereocenters. The largest absolute Gasteiger partial charge is 0.351 e.